The maximum Gasteiger partial charge on any atom is 0.213 e. The zero-order valence-corrected chi connectivity index (χ0v) is 15.2. The molecule has 0 aliphatic heterocycles. The molecular formula is C22H20N2O3. The van der Waals surface area contributed by atoms with Gasteiger partial charge in [-0.25, -0.2) is 0 Å². The first-order chi connectivity index (χ1) is 13.2. The van der Waals surface area contributed by atoms with Crippen molar-refractivity contribution < 1.29 is 14.3 Å². The summed E-state index contributed by atoms with van der Waals surface area (Å²) in [5.41, 5.74) is 5.29. The third kappa shape index (κ3) is 4.52. The van der Waals surface area contributed by atoms with Crippen LogP contribution in [0.25, 0.3) is 0 Å². The highest BCUT2D eigenvalue weighted by Gasteiger charge is 2.17. The lowest BCUT2D eigenvalue weighted by molar-refractivity contribution is 0.106. The van der Waals surface area contributed by atoms with Gasteiger partial charge < -0.3 is 9.47 Å². The van der Waals surface area contributed by atoms with Crippen molar-refractivity contribution in [3.63, 3.8) is 0 Å². The molecule has 3 aromatic rings. The lowest BCUT2D eigenvalue weighted by atomic mass is 10.0. The van der Waals surface area contributed by atoms with E-state index in [0.717, 1.165) is 5.69 Å². The SMILES string of the molecule is COc1ccc(C(=O)/C(=N\Nc2ccccc2)c2ccc(OC)cc2)cc1. The molecule has 0 aliphatic rings. The summed E-state index contributed by atoms with van der Waals surface area (Å²) >= 11 is 0. The van der Waals surface area contributed by atoms with Gasteiger partial charge in [-0.3, -0.25) is 10.2 Å². The minimum atomic E-state index is -0.189. The van der Waals surface area contributed by atoms with E-state index in [1.807, 2.05) is 42.5 Å². The van der Waals surface area contributed by atoms with E-state index in [2.05, 4.69) is 10.5 Å². The number of para-hydroxylation sites is 1. The molecule has 0 bridgehead atoms. The molecule has 1 N–H and O–H groups in total. The summed E-state index contributed by atoms with van der Waals surface area (Å²) in [5, 5.41) is 4.38. The maximum atomic E-state index is 13.1. The van der Waals surface area contributed by atoms with Gasteiger partial charge in [-0.05, 0) is 60.7 Å². The maximum absolute atomic E-state index is 13.1. The molecule has 0 unspecified atom stereocenters. The normalized spacial score (nSPS) is 11.0. The highest BCUT2D eigenvalue weighted by atomic mass is 16.5. The fourth-order valence-electron chi connectivity index (χ4n) is 2.51. The first-order valence-corrected chi connectivity index (χ1v) is 8.43. The fraction of sp³-hybridized carbons (Fsp3) is 0.0909. The molecule has 5 nitrogen and oxygen atoms in total. The third-order valence-corrected chi connectivity index (χ3v) is 4.00. The molecule has 0 spiro atoms. The van der Waals surface area contributed by atoms with E-state index >= 15 is 0 Å². The Labute approximate surface area is 158 Å². The van der Waals surface area contributed by atoms with Crippen LogP contribution in [0.15, 0.2) is 84.0 Å². The van der Waals surface area contributed by atoms with Gasteiger partial charge in [0.1, 0.15) is 17.2 Å². The number of carbonyl (C=O) groups excluding carboxylic acids is 1. The van der Waals surface area contributed by atoms with Crippen LogP contribution in [-0.2, 0) is 0 Å². The smallest absolute Gasteiger partial charge is 0.213 e. The van der Waals surface area contributed by atoms with Crippen LogP contribution in [0.4, 0.5) is 5.69 Å². The number of ether oxygens (including phenoxy) is 2. The largest absolute Gasteiger partial charge is 0.497 e. The van der Waals surface area contributed by atoms with Crippen LogP contribution in [0.1, 0.15) is 15.9 Å². The van der Waals surface area contributed by atoms with E-state index in [1.165, 1.54) is 0 Å². The Balaban J connectivity index is 1.95. The molecule has 5 heteroatoms. The number of anilines is 1. The van der Waals surface area contributed by atoms with Crippen LogP contribution < -0.4 is 14.9 Å². The third-order valence-electron chi connectivity index (χ3n) is 4.00. The number of ketones is 1. The van der Waals surface area contributed by atoms with Gasteiger partial charge in [0.15, 0.2) is 0 Å². The second-order valence-corrected chi connectivity index (χ2v) is 5.72. The van der Waals surface area contributed by atoms with Crippen LogP contribution in [-0.4, -0.2) is 25.7 Å². The predicted octanol–water partition coefficient (Wildman–Crippen LogP) is 4.40. The van der Waals surface area contributed by atoms with Crippen molar-refractivity contribution in [2.24, 2.45) is 5.10 Å². The summed E-state index contributed by atoms with van der Waals surface area (Å²) in [6, 6.07) is 23.7. The van der Waals surface area contributed by atoms with Gasteiger partial charge in [0.25, 0.3) is 0 Å². The number of nitrogens with one attached hydrogen (secondary N) is 1. The number of rotatable bonds is 7. The van der Waals surface area contributed by atoms with E-state index in [-0.39, 0.29) is 5.78 Å². The van der Waals surface area contributed by atoms with Crippen LogP contribution in [0.5, 0.6) is 11.5 Å². The van der Waals surface area contributed by atoms with Gasteiger partial charge >= 0.3 is 0 Å². The highest BCUT2D eigenvalue weighted by molar-refractivity contribution is 6.51. The van der Waals surface area contributed by atoms with Crippen LogP contribution in [0, 0.1) is 0 Å². The van der Waals surface area contributed by atoms with E-state index in [1.54, 1.807) is 50.6 Å². The number of hydrogen-bond donors (Lipinski definition) is 1. The lowest BCUT2D eigenvalue weighted by Crippen LogP contribution is -2.17. The molecule has 0 aromatic heterocycles. The first-order valence-electron chi connectivity index (χ1n) is 8.43. The number of methoxy groups -OCH3 is 2. The van der Waals surface area contributed by atoms with Gasteiger partial charge in [-0.2, -0.15) is 5.10 Å². The molecule has 0 saturated heterocycles. The highest BCUT2D eigenvalue weighted by Crippen LogP contribution is 2.17. The van der Waals surface area contributed by atoms with Gasteiger partial charge in [-0.15, -0.1) is 0 Å². The second-order valence-electron chi connectivity index (χ2n) is 5.72. The molecule has 0 aliphatic carbocycles. The van der Waals surface area contributed by atoms with E-state index < -0.39 is 0 Å². The quantitative estimate of drug-likeness (QED) is 0.385. The van der Waals surface area contributed by atoms with Crippen LogP contribution in [0.3, 0.4) is 0 Å². The van der Waals surface area contributed by atoms with Gasteiger partial charge in [-0.1, -0.05) is 18.2 Å². The van der Waals surface area contributed by atoms with E-state index in [4.69, 9.17) is 9.47 Å². The minimum absolute atomic E-state index is 0.189. The van der Waals surface area contributed by atoms with Crippen LogP contribution >= 0.6 is 0 Å². The molecular weight excluding hydrogens is 340 g/mol. The molecule has 3 rings (SSSR count). The average molecular weight is 360 g/mol. The lowest BCUT2D eigenvalue weighted by Gasteiger charge is -2.09. The molecule has 27 heavy (non-hydrogen) atoms. The minimum Gasteiger partial charge on any atom is -0.497 e. The Morgan fingerprint density at radius 1 is 0.741 bits per heavy atom. The number of hydrazone groups is 1. The van der Waals surface area contributed by atoms with Crippen molar-refractivity contribution in [3.8, 4) is 11.5 Å². The molecule has 0 amide bonds. The van der Waals surface area contributed by atoms with Crippen LogP contribution in [0.2, 0.25) is 0 Å². The summed E-state index contributed by atoms with van der Waals surface area (Å²) in [4.78, 5) is 13.1. The van der Waals surface area contributed by atoms with Crippen molar-refractivity contribution in [3.05, 3.63) is 90.0 Å². The summed E-state index contributed by atoms with van der Waals surface area (Å²) in [7, 11) is 3.19. The van der Waals surface area contributed by atoms with Crippen molar-refractivity contribution in [2.75, 3.05) is 19.6 Å². The number of hydrogen-bond acceptors (Lipinski definition) is 5. The Bertz CT molecular complexity index is 918. The van der Waals surface area contributed by atoms with E-state index in [9.17, 15) is 4.79 Å². The zero-order valence-electron chi connectivity index (χ0n) is 15.2. The molecule has 136 valence electrons. The van der Waals surface area contributed by atoms with E-state index in [0.29, 0.717) is 28.3 Å². The molecule has 0 saturated carbocycles. The van der Waals surface area contributed by atoms with Crippen molar-refractivity contribution in [1.82, 2.24) is 0 Å². The molecule has 0 heterocycles. The van der Waals surface area contributed by atoms with Crippen molar-refractivity contribution in [1.29, 1.82) is 0 Å². The molecule has 3 aromatic carbocycles. The summed E-state index contributed by atoms with van der Waals surface area (Å²) in [5.74, 6) is 1.22. The van der Waals surface area contributed by atoms with Crippen molar-refractivity contribution in [2.45, 2.75) is 0 Å². The first kappa shape index (κ1) is 18.2. The monoisotopic (exact) mass is 360 g/mol. The fourth-order valence-corrected chi connectivity index (χ4v) is 2.51. The topological polar surface area (TPSA) is 59.9 Å². The standard InChI is InChI=1S/C22H20N2O3/c1-26-19-12-8-16(9-13-19)21(24-23-18-6-4-3-5-7-18)22(25)17-10-14-20(27-2)15-11-17/h3-15,23H,1-2H3/b24-21-. The summed E-state index contributed by atoms with van der Waals surface area (Å²) in [6.07, 6.45) is 0. The molecule has 0 radical (unpaired) electrons. The van der Waals surface area contributed by atoms with Gasteiger partial charge in [0, 0.05) is 11.1 Å². The van der Waals surface area contributed by atoms with Crippen molar-refractivity contribution >= 4 is 17.2 Å². The Hall–Kier alpha value is -3.60. The summed E-state index contributed by atoms with van der Waals surface area (Å²) in [6.45, 7) is 0. The predicted molar refractivity (Wildman–Crippen MR) is 107 cm³/mol. The average Bonchev–Trinajstić information content (AvgIpc) is 2.75. The van der Waals surface area contributed by atoms with Gasteiger partial charge in [0.05, 0.1) is 19.9 Å². The summed E-state index contributed by atoms with van der Waals surface area (Å²) < 4.78 is 10.4. The number of Topliss-reactive ketones (excluding diaryl/α,β-unsaturated/α-hetero) is 1. The Kier molecular flexibility index (Phi) is 5.84. The molecule has 0 fully saturated rings. The second kappa shape index (κ2) is 8.67. The number of carbonyl (C=O) groups is 1. The Morgan fingerprint density at radius 3 is 1.78 bits per heavy atom. The Morgan fingerprint density at radius 2 is 1.26 bits per heavy atom. The number of nitrogens with zero attached hydrogens (tertiary/aromatic N) is 1. The number of benzene rings is 3. The van der Waals surface area contributed by atoms with Gasteiger partial charge in [0.2, 0.25) is 5.78 Å². The molecule has 0 atom stereocenters. The zero-order chi connectivity index (χ0) is 19.1.